The third kappa shape index (κ3) is 99.5. The summed E-state index contributed by atoms with van der Waals surface area (Å²) in [4.78, 5) is 8.36. The zero-order valence-corrected chi connectivity index (χ0v) is 7.97. The molecule has 0 amide bonds. The van der Waals surface area contributed by atoms with Crippen LogP contribution in [0.2, 0.25) is 0 Å². The van der Waals surface area contributed by atoms with E-state index in [4.69, 9.17) is 15.3 Å². The molecule has 7 heavy (non-hydrogen) atoms. The summed E-state index contributed by atoms with van der Waals surface area (Å²) < 4.78 is 0. The van der Waals surface area contributed by atoms with Crippen molar-refractivity contribution in [2.75, 3.05) is 0 Å². The quantitative estimate of drug-likeness (QED) is 0.308. The summed E-state index contributed by atoms with van der Waals surface area (Å²) in [6.07, 6.45) is 0. The Kier molecular flexibility index (Phi) is 52.7. The van der Waals surface area contributed by atoms with Crippen LogP contribution in [-0.2, 0) is 0 Å². The molecule has 7 heteroatoms. The van der Waals surface area contributed by atoms with Crippen LogP contribution in [0, 0.1) is 10.1 Å². The Labute approximate surface area is 98.3 Å². The van der Waals surface area contributed by atoms with Crippen molar-refractivity contribution in [1.29, 1.82) is 0 Å². The van der Waals surface area contributed by atoms with Gasteiger partial charge in [-0.2, -0.15) is 0 Å². The van der Waals surface area contributed by atoms with Gasteiger partial charge in [0.2, 0.25) is 0 Å². The molecule has 0 spiro atoms. The summed E-state index contributed by atoms with van der Waals surface area (Å²) in [5, 5.41) is 13.6. The molecule has 0 heterocycles. The van der Waals surface area contributed by atoms with Crippen molar-refractivity contribution in [2.24, 2.45) is 0 Å². The van der Waals surface area contributed by atoms with Crippen LogP contribution in [0.4, 0.5) is 0 Å². The van der Waals surface area contributed by atoms with E-state index in [1.807, 2.05) is 0 Å². The first-order chi connectivity index (χ1) is 1.73. The second kappa shape index (κ2) is 15.6. The van der Waals surface area contributed by atoms with E-state index < -0.39 is 5.09 Å². The third-order valence-electron chi connectivity index (χ3n) is 0. The van der Waals surface area contributed by atoms with Crippen LogP contribution in [0.1, 0.15) is 5.71 Å². The normalized spacial score (nSPS) is 3.43. The first-order valence-electron chi connectivity index (χ1n) is 0.565. The molecule has 1 N–H and O–H groups in total. The largest absolute Gasteiger partial charge is 2.00 e. The molecular weight excluding hydrogens is 162 g/mol. The average molecular weight is 168 g/mol. The van der Waals surface area contributed by atoms with E-state index in [-0.39, 0.29) is 78.9 Å². The number of halogens is 1. The van der Waals surface area contributed by atoms with Crippen LogP contribution >= 0.6 is 12.4 Å². The molecule has 0 aliphatic heterocycles. The molecule has 0 saturated carbocycles. The second-order valence-electron chi connectivity index (χ2n) is 0.238. The zero-order chi connectivity index (χ0) is 3.58. The van der Waals surface area contributed by atoms with Gasteiger partial charge < -0.3 is 10.9 Å². The van der Waals surface area contributed by atoms with Gasteiger partial charge in [-0.15, -0.1) is 22.5 Å². The summed E-state index contributed by atoms with van der Waals surface area (Å²) in [7, 11) is 0. The monoisotopic (exact) mass is 167 g/mol. The van der Waals surface area contributed by atoms with Crippen LogP contribution in [0.15, 0.2) is 0 Å². The molecule has 4 nitrogen and oxygen atoms in total. The molecular formula is H6CaClMgNO3. The molecule has 0 saturated heterocycles. The van der Waals surface area contributed by atoms with E-state index in [9.17, 15) is 0 Å². The fourth-order valence-corrected chi connectivity index (χ4v) is 0. The van der Waals surface area contributed by atoms with Crippen LogP contribution in [0.5, 0.6) is 0 Å². The summed E-state index contributed by atoms with van der Waals surface area (Å²) in [5.41, 5.74) is 0. The molecule has 0 fully saturated rings. The molecule has 40 valence electrons. The molecule has 0 aliphatic carbocycles. The summed E-state index contributed by atoms with van der Waals surface area (Å²) in [5.74, 6) is 0. The van der Waals surface area contributed by atoms with E-state index in [1.165, 1.54) is 0 Å². The Morgan fingerprint density at radius 2 is 1.71 bits per heavy atom. The molecule has 0 unspecified atom stereocenters. The third-order valence-corrected chi connectivity index (χ3v) is 0. The molecule has 0 bridgehead atoms. The van der Waals surface area contributed by atoms with Crippen molar-refractivity contribution in [2.45, 2.75) is 0 Å². The Morgan fingerprint density at radius 1 is 1.71 bits per heavy atom. The first kappa shape index (κ1) is 23.6. The number of hydrogen-bond donors (Lipinski definition) is 1. The van der Waals surface area contributed by atoms with Crippen molar-refractivity contribution in [3.63, 3.8) is 0 Å². The van der Waals surface area contributed by atoms with Crippen molar-refractivity contribution >= 4 is 73.2 Å². The Bertz CT molecular complexity index is 48.3. The smallest absolute Gasteiger partial charge is 1.00 e. The van der Waals surface area contributed by atoms with Gasteiger partial charge >= 0.3 is 60.8 Å². The van der Waals surface area contributed by atoms with Crippen LogP contribution in [0.25, 0.3) is 0 Å². The van der Waals surface area contributed by atoms with E-state index in [1.54, 1.807) is 0 Å². The van der Waals surface area contributed by atoms with Gasteiger partial charge in [-0.25, -0.2) is 0 Å². The summed E-state index contributed by atoms with van der Waals surface area (Å²) in [6, 6.07) is 0. The summed E-state index contributed by atoms with van der Waals surface area (Å²) >= 11 is 0. The fraction of sp³-hybridized carbons (Fsp3) is 0. The molecule has 0 aromatic carbocycles. The molecule has 0 atom stereocenters. The average Bonchev–Trinajstić information content (AvgIpc) is 0.811. The predicted octanol–water partition coefficient (Wildman–Crippen LogP) is -0.238. The van der Waals surface area contributed by atoms with E-state index >= 15 is 0 Å². The van der Waals surface area contributed by atoms with Crippen LogP contribution < -0.4 is 0 Å². The SMILES string of the molecule is Cl.O=[N+]([O-])O.[Ca+2].[H-].[H-].[H-].[H-].[Mg+2]. The van der Waals surface area contributed by atoms with E-state index in [2.05, 4.69) is 0 Å². The zero-order valence-electron chi connectivity index (χ0n) is 7.53. The minimum atomic E-state index is -1.50. The first-order valence-corrected chi connectivity index (χ1v) is 0.565. The Balaban J connectivity index is -0.00000000214. The van der Waals surface area contributed by atoms with Gasteiger partial charge in [0, 0.05) is 0 Å². The van der Waals surface area contributed by atoms with Gasteiger partial charge in [0.25, 0.3) is 5.09 Å². The van der Waals surface area contributed by atoms with Gasteiger partial charge in [0.1, 0.15) is 0 Å². The topological polar surface area (TPSA) is 63.4 Å². The minimum absolute atomic E-state index is 0. The van der Waals surface area contributed by atoms with Gasteiger partial charge in [0.15, 0.2) is 0 Å². The van der Waals surface area contributed by atoms with Crippen molar-refractivity contribution in [1.82, 2.24) is 0 Å². The maximum atomic E-state index is 8.36. The van der Waals surface area contributed by atoms with Crippen molar-refractivity contribution in [3.8, 4) is 0 Å². The van der Waals surface area contributed by atoms with E-state index in [0.717, 1.165) is 0 Å². The fourth-order valence-electron chi connectivity index (χ4n) is 0. The Morgan fingerprint density at radius 3 is 1.71 bits per heavy atom. The van der Waals surface area contributed by atoms with Crippen molar-refractivity contribution < 1.29 is 16.0 Å². The number of rotatable bonds is 0. The molecule has 0 rings (SSSR count). The van der Waals surface area contributed by atoms with Crippen LogP contribution in [-0.4, -0.2) is 71.1 Å². The molecule has 0 aliphatic rings. The number of hydrogen-bond acceptors (Lipinski definition) is 2. The van der Waals surface area contributed by atoms with Crippen molar-refractivity contribution in [3.05, 3.63) is 10.1 Å². The summed E-state index contributed by atoms with van der Waals surface area (Å²) in [6.45, 7) is 0. The second-order valence-corrected chi connectivity index (χ2v) is 0.238. The predicted molar refractivity (Wildman–Crippen MR) is 32.0 cm³/mol. The molecule has 0 radical (unpaired) electrons. The van der Waals surface area contributed by atoms with Crippen LogP contribution in [0.3, 0.4) is 0 Å². The molecule has 0 aromatic rings. The maximum Gasteiger partial charge on any atom is 2.00 e. The van der Waals surface area contributed by atoms with Gasteiger partial charge in [0.05, 0.1) is 0 Å². The van der Waals surface area contributed by atoms with Gasteiger partial charge in [-0.05, 0) is 0 Å². The maximum absolute atomic E-state index is 8.36. The standard InChI is InChI=1S/Ca.ClH.Mg.HNO3.4H/c;;;2-1(3)4;;;;/h;1H;;(H,2,3,4);;;;/q+2;;+2;;4*-1. The Hall–Kier alpha value is 1.52. The van der Waals surface area contributed by atoms with E-state index in [0.29, 0.717) is 0 Å². The van der Waals surface area contributed by atoms with Gasteiger partial charge in [-0.3, -0.25) is 0 Å². The minimum Gasteiger partial charge on any atom is -1.00 e. The van der Waals surface area contributed by atoms with Gasteiger partial charge in [-0.1, -0.05) is 0 Å². The number of nitrogens with zero attached hydrogens (tertiary/aromatic N) is 1. The molecule has 0 aromatic heterocycles.